The molecular weight excluding hydrogens is 256 g/mol. The minimum absolute atomic E-state index is 0.0730. The summed E-state index contributed by atoms with van der Waals surface area (Å²) >= 11 is 0. The van der Waals surface area contributed by atoms with Gasteiger partial charge in [-0.1, -0.05) is 12.1 Å². The van der Waals surface area contributed by atoms with E-state index in [1.165, 1.54) is 0 Å². The number of hydrogen-bond donors (Lipinski definition) is 3. The summed E-state index contributed by atoms with van der Waals surface area (Å²) < 4.78 is 5.70. The van der Waals surface area contributed by atoms with Gasteiger partial charge in [0.2, 0.25) is 0 Å². The first-order valence-corrected chi connectivity index (χ1v) is 6.13. The molecule has 5 heteroatoms. The van der Waals surface area contributed by atoms with Gasteiger partial charge in [-0.2, -0.15) is 0 Å². The molecule has 104 valence electrons. The van der Waals surface area contributed by atoms with Crippen molar-refractivity contribution < 1.29 is 14.6 Å². The Bertz CT molecular complexity index is 626. The quantitative estimate of drug-likeness (QED) is 0.742. The number of nitrogens with one attached hydrogen (secondary N) is 1. The van der Waals surface area contributed by atoms with Gasteiger partial charge in [-0.3, -0.25) is 4.79 Å². The number of carbonyl (C=O) groups is 1. The van der Waals surface area contributed by atoms with Crippen molar-refractivity contribution in [2.45, 2.75) is 6.61 Å². The van der Waals surface area contributed by atoms with Crippen LogP contribution >= 0.6 is 0 Å². The summed E-state index contributed by atoms with van der Waals surface area (Å²) in [6.07, 6.45) is 0. The minimum atomic E-state index is -0.252. The zero-order valence-corrected chi connectivity index (χ0v) is 11.1. The molecule has 5 nitrogen and oxygen atoms in total. The highest BCUT2D eigenvalue weighted by molar-refractivity contribution is 5.97. The van der Waals surface area contributed by atoms with Gasteiger partial charge >= 0.3 is 0 Å². The van der Waals surface area contributed by atoms with Crippen molar-refractivity contribution in [1.29, 1.82) is 0 Å². The maximum absolute atomic E-state index is 11.8. The zero-order chi connectivity index (χ0) is 14.5. The lowest BCUT2D eigenvalue weighted by molar-refractivity contribution is 0.0961. The van der Waals surface area contributed by atoms with Crippen molar-refractivity contribution in [3.63, 3.8) is 0 Å². The number of aliphatic hydroxyl groups is 1. The van der Waals surface area contributed by atoms with Crippen molar-refractivity contribution in [2.75, 3.05) is 12.8 Å². The van der Waals surface area contributed by atoms with E-state index in [1.807, 2.05) is 0 Å². The van der Waals surface area contributed by atoms with Gasteiger partial charge in [-0.25, -0.2) is 0 Å². The summed E-state index contributed by atoms with van der Waals surface area (Å²) in [5.41, 5.74) is 7.36. The first-order chi connectivity index (χ1) is 9.63. The van der Waals surface area contributed by atoms with Gasteiger partial charge in [0.25, 0.3) is 5.91 Å². The van der Waals surface area contributed by atoms with Crippen LogP contribution in [0, 0.1) is 0 Å². The Labute approximate surface area is 117 Å². The molecule has 4 N–H and O–H groups in total. The van der Waals surface area contributed by atoms with E-state index in [1.54, 1.807) is 49.5 Å². The molecule has 0 aliphatic carbocycles. The fourth-order valence-corrected chi connectivity index (χ4v) is 1.78. The monoisotopic (exact) mass is 272 g/mol. The van der Waals surface area contributed by atoms with Crippen molar-refractivity contribution in [1.82, 2.24) is 5.32 Å². The second kappa shape index (κ2) is 6.08. The summed E-state index contributed by atoms with van der Waals surface area (Å²) in [4.78, 5) is 11.8. The second-order valence-electron chi connectivity index (χ2n) is 4.24. The number of aliphatic hydroxyl groups excluding tert-OH is 1. The standard InChI is InChI=1S/C15H16N2O3/c1-17-15(19)13-6-5-11(16)8-14(13)20-12-4-2-3-10(7-12)9-18/h2-8,18H,9,16H2,1H3,(H,17,19). The van der Waals surface area contributed by atoms with Gasteiger partial charge < -0.3 is 20.9 Å². The Balaban J connectivity index is 2.36. The van der Waals surface area contributed by atoms with Gasteiger partial charge in [-0.15, -0.1) is 0 Å². The van der Waals surface area contributed by atoms with E-state index in [4.69, 9.17) is 15.6 Å². The van der Waals surface area contributed by atoms with Gasteiger partial charge in [0.15, 0.2) is 0 Å². The molecule has 0 radical (unpaired) electrons. The van der Waals surface area contributed by atoms with Crippen LogP contribution in [0.3, 0.4) is 0 Å². The highest BCUT2D eigenvalue weighted by atomic mass is 16.5. The van der Waals surface area contributed by atoms with Crippen molar-refractivity contribution >= 4 is 11.6 Å². The number of nitrogen functional groups attached to an aromatic ring is 1. The second-order valence-corrected chi connectivity index (χ2v) is 4.24. The van der Waals surface area contributed by atoms with Gasteiger partial charge in [0, 0.05) is 18.8 Å². The predicted molar refractivity (Wildman–Crippen MR) is 76.7 cm³/mol. The molecule has 0 heterocycles. The zero-order valence-electron chi connectivity index (χ0n) is 11.1. The van der Waals surface area contributed by atoms with Gasteiger partial charge in [0.1, 0.15) is 11.5 Å². The Morgan fingerprint density at radius 1 is 1.30 bits per heavy atom. The first-order valence-electron chi connectivity index (χ1n) is 6.13. The molecular formula is C15H16N2O3. The summed E-state index contributed by atoms with van der Waals surface area (Å²) in [7, 11) is 1.55. The third-order valence-electron chi connectivity index (χ3n) is 2.79. The Morgan fingerprint density at radius 2 is 2.10 bits per heavy atom. The lowest BCUT2D eigenvalue weighted by Gasteiger charge is -2.11. The maximum Gasteiger partial charge on any atom is 0.254 e. The number of ether oxygens (including phenoxy) is 1. The van der Waals surface area contributed by atoms with Gasteiger partial charge in [0.05, 0.1) is 12.2 Å². The normalized spacial score (nSPS) is 10.1. The van der Waals surface area contributed by atoms with E-state index < -0.39 is 0 Å². The van der Waals surface area contributed by atoms with Crippen molar-refractivity contribution in [3.8, 4) is 11.5 Å². The molecule has 1 amide bonds. The smallest absolute Gasteiger partial charge is 0.254 e. The van der Waals surface area contributed by atoms with Crippen LogP contribution in [0.15, 0.2) is 42.5 Å². The van der Waals surface area contributed by atoms with Crippen LogP contribution in [0.4, 0.5) is 5.69 Å². The summed E-state index contributed by atoms with van der Waals surface area (Å²) in [5, 5.41) is 11.7. The molecule has 0 saturated carbocycles. The first kappa shape index (κ1) is 13.9. The van der Waals surface area contributed by atoms with Crippen molar-refractivity contribution in [2.24, 2.45) is 0 Å². The fourth-order valence-electron chi connectivity index (χ4n) is 1.78. The molecule has 0 saturated heterocycles. The van der Waals surface area contributed by atoms with E-state index in [0.717, 1.165) is 5.56 Å². The minimum Gasteiger partial charge on any atom is -0.456 e. The Hall–Kier alpha value is -2.53. The molecule has 0 aromatic heterocycles. The molecule has 20 heavy (non-hydrogen) atoms. The third-order valence-corrected chi connectivity index (χ3v) is 2.79. The highest BCUT2D eigenvalue weighted by Crippen LogP contribution is 2.28. The Kier molecular flexibility index (Phi) is 4.22. The van der Waals surface area contributed by atoms with Crippen LogP contribution in [0.2, 0.25) is 0 Å². The molecule has 0 fully saturated rings. The number of anilines is 1. The summed E-state index contributed by atoms with van der Waals surface area (Å²) in [6, 6.07) is 11.8. The van der Waals surface area contributed by atoms with E-state index in [2.05, 4.69) is 5.32 Å². The molecule has 0 bridgehead atoms. The SMILES string of the molecule is CNC(=O)c1ccc(N)cc1Oc1cccc(CO)c1. The molecule has 0 atom stereocenters. The topological polar surface area (TPSA) is 84.6 Å². The molecule has 0 aliphatic rings. The lowest BCUT2D eigenvalue weighted by atomic mass is 10.1. The molecule has 0 spiro atoms. The average Bonchev–Trinajstić information content (AvgIpc) is 2.47. The lowest BCUT2D eigenvalue weighted by Crippen LogP contribution is -2.18. The van der Waals surface area contributed by atoms with Crippen LogP contribution in [0.1, 0.15) is 15.9 Å². The molecule has 0 unspecified atom stereocenters. The average molecular weight is 272 g/mol. The predicted octanol–water partition coefficient (Wildman–Crippen LogP) is 1.91. The summed E-state index contributed by atoms with van der Waals surface area (Å²) in [6.45, 7) is -0.0730. The number of hydrogen-bond acceptors (Lipinski definition) is 4. The van der Waals surface area contributed by atoms with E-state index in [-0.39, 0.29) is 12.5 Å². The van der Waals surface area contributed by atoms with Crippen LogP contribution in [0.25, 0.3) is 0 Å². The molecule has 2 rings (SSSR count). The van der Waals surface area contributed by atoms with Crippen LogP contribution in [0.5, 0.6) is 11.5 Å². The van der Waals surface area contributed by atoms with E-state index >= 15 is 0 Å². The largest absolute Gasteiger partial charge is 0.456 e. The Morgan fingerprint density at radius 3 is 2.80 bits per heavy atom. The van der Waals surface area contributed by atoms with E-state index in [9.17, 15) is 4.79 Å². The third kappa shape index (κ3) is 3.07. The van der Waals surface area contributed by atoms with Crippen molar-refractivity contribution in [3.05, 3.63) is 53.6 Å². The number of benzene rings is 2. The number of nitrogens with two attached hydrogens (primary N) is 1. The van der Waals surface area contributed by atoms with Gasteiger partial charge in [-0.05, 0) is 29.8 Å². The molecule has 2 aromatic rings. The van der Waals surface area contributed by atoms with Crippen LogP contribution < -0.4 is 15.8 Å². The number of rotatable bonds is 4. The van der Waals surface area contributed by atoms with Crippen LogP contribution in [-0.4, -0.2) is 18.1 Å². The maximum atomic E-state index is 11.8. The summed E-state index contributed by atoms with van der Waals surface area (Å²) in [5.74, 6) is 0.657. The van der Waals surface area contributed by atoms with E-state index in [0.29, 0.717) is 22.7 Å². The highest BCUT2D eigenvalue weighted by Gasteiger charge is 2.12. The molecule has 2 aromatic carbocycles. The molecule has 0 aliphatic heterocycles. The fraction of sp³-hybridized carbons (Fsp3) is 0.133. The number of carbonyl (C=O) groups excluding carboxylic acids is 1. The van der Waals surface area contributed by atoms with Crippen LogP contribution in [-0.2, 0) is 6.61 Å². The number of amides is 1.